The number of halogens is 1. The van der Waals surface area contributed by atoms with E-state index in [0.717, 1.165) is 4.68 Å². The van der Waals surface area contributed by atoms with Crippen LogP contribution in [0.25, 0.3) is 0 Å². The van der Waals surface area contributed by atoms with E-state index < -0.39 is 11.9 Å². The number of anilines is 1. The lowest BCUT2D eigenvalue weighted by atomic mass is 9.98. The van der Waals surface area contributed by atoms with Gasteiger partial charge in [0.05, 0.1) is 6.61 Å². The number of rotatable bonds is 4. The topological polar surface area (TPSA) is 109 Å². The van der Waals surface area contributed by atoms with Crippen LogP contribution in [-0.4, -0.2) is 27.4 Å². The van der Waals surface area contributed by atoms with Crippen LogP contribution in [0.1, 0.15) is 24.2 Å². The molecule has 1 heterocycles. The molecular weight excluding hydrogens is 282 g/mol. The molecule has 0 saturated carbocycles. The zero-order valence-corrected chi connectivity index (χ0v) is 11.5. The average molecular weight is 296 g/mol. The van der Waals surface area contributed by atoms with E-state index in [1.165, 1.54) is 0 Å². The van der Waals surface area contributed by atoms with Crippen molar-refractivity contribution < 1.29 is 9.53 Å². The van der Waals surface area contributed by atoms with Gasteiger partial charge in [-0.2, -0.15) is 0 Å². The zero-order chi connectivity index (χ0) is 14.7. The van der Waals surface area contributed by atoms with E-state index >= 15 is 0 Å². The molecule has 1 aromatic heterocycles. The minimum Gasteiger partial charge on any atom is -0.465 e. The van der Waals surface area contributed by atoms with Gasteiger partial charge in [-0.3, -0.25) is 4.79 Å². The number of nitrogens with zero attached hydrogens (tertiary/aromatic N) is 3. The highest BCUT2D eigenvalue weighted by molar-refractivity contribution is 6.30. The van der Waals surface area contributed by atoms with Crippen LogP contribution in [0.4, 0.5) is 5.95 Å². The minimum atomic E-state index is -0.830. The van der Waals surface area contributed by atoms with Crippen molar-refractivity contribution in [2.45, 2.75) is 12.8 Å². The SMILES string of the molecule is CCOC(=O)C(c1cccc(Cl)c1)c1nnc(N)n1N. The molecule has 0 saturated heterocycles. The average Bonchev–Trinajstić information content (AvgIpc) is 2.72. The molecule has 1 unspecified atom stereocenters. The highest BCUT2D eigenvalue weighted by Crippen LogP contribution is 2.26. The van der Waals surface area contributed by atoms with Gasteiger partial charge in [-0.05, 0) is 24.6 Å². The van der Waals surface area contributed by atoms with Crippen LogP contribution in [0.5, 0.6) is 0 Å². The van der Waals surface area contributed by atoms with Gasteiger partial charge >= 0.3 is 5.97 Å². The molecule has 0 amide bonds. The van der Waals surface area contributed by atoms with Gasteiger partial charge < -0.3 is 16.3 Å². The van der Waals surface area contributed by atoms with E-state index in [9.17, 15) is 4.79 Å². The first-order chi connectivity index (χ1) is 9.54. The molecule has 7 nitrogen and oxygen atoms in total. The Morgan fingerprint density at radius 2 is 2.25 bits per heavy atom. The van der Waals surface area contributed by atoms with Crippen LogP contribution in [0.3, 0.4) is 0 Å². The van der Waals surface area contributed by atoms with Gasteiger partial charge in [0, 0.05) is 5.02 Å². The summed E-state index contributed by atoms with van der Waals surface area (Å²) in [6, 6.07) is 6.81. The maximum absolute atomic E-state index is 12.2. The summed E-state index contributed by atoms with van der Waals surface area (Å²) in [7, 11) is 0. The number of nitrogens with two attached hydrogens (primary N) is 2. The minimum absolute atomic E-state index is 0.0105. The quantitative estimate of drug-likeness (QED) is 0.641. The molecule has 2 aromatic rings. The van der Waals surface area contributed by atoms with E-state index in [1.54, 1.807) is 31.2 Å². The number of esters is 1. The van der Waals surface area contributed by atoms with E-state index in [-0.39, 0.29) is 18.4 Å². The first-order valence-corrected chi connectivity index (χ1v) is 6.30. The second kappa shape index (κ2) is 5.79. The van der Waals surface area contributed by atoms with Gasteiger partial charge in [-0.25, -0.2) is 4.68 Å². The van der Waals surface area contributed by atoms with Crippen molar-refractivity contribution in [1.82, 2.24) is 14.9 Å². The van der Waals surface area contributed by atoms with Crippen molar-refractivity contribution in [3.8, 4) is 0 Å². The fourth-order valence-corrected chi connectivity index (χ4v) is 2.01. The fourth-order valence-electron chi connectivity index (χ4n) is 1.82. The molecule has 2 rings (SSSR count). The Hall–Kier alpha value is -2.28. The smallest absolute Gasteiger partial charge is 0.321 e. The van der Waals surface area contributed by atoms with Crippen LogP contribution in [0, 0.1) is 0 Å². The van der Waals surface area contributed by atoms with Gasteiger partial charge in [-0.15, -0.1) is 10.2 Å². The number of hydrogen-bond donors (Lipinski definition) is 2. The maximum Gasteiger partial charge on any atom is 0.321 e. The number of carbonyl (C=O) groups excluding carboxylic acids is 1. The number of ether oxygens (including phenoxy) is 1. The Morgan fingerprint density at radius 1 is 1.50 bits per heavy atom. The van der Waals surface area contributed by atoms with Crippen molar-refractivity contribution >= 4 is 23.5 Å². The van der Waals surface area contributed by atoms with E-state index in [1.807, 2.05) is 0 Å². The molecule has 0 fully saturated rings. The first kappa shape index (κ1) is 14.1. The highest BCUT2D eigenvalue weighted by atomic mass is 35.5. The lowest BCUT2D eigenvalue weighted by molar-refractivity contribution is -0.144. The lowest BCUT2D eigenvalue weighted by Gasteiger charge is -2.15. The second-order valence-corrected chi connectivity index (χ2v) is 4.46. The maximum atomic E-state index is 12.2. The Bertz CT molecular complexity index is 628. The first-order valence-electron chi connectivity index (χ1n) is 5.92. The molecule has 1 aromatic carbocycles. The van der Waals surface area contributed by atoms with Gasteiger partial charge in [0.25, 0.3) is 0 Å². The molecule has 0 spiro atoms. The van der Waals surface area contributed by atoms with Crippen molar-refractivity contribution in [2.24, 2.45) is 0 Å². The monoisotopic (exact) mass is 295 g/mol. The molecule has 0 radical (unpaired) electrons. The molecule has 0 aliphatic carbocycles. The highest BCUT2D eigenvalue weighted by Gasteiger charge is 2.30. The number of nitrogen functional groups attached to an aromatic ring is 2. The summed E-state index contributed by atoms with van der Waals surface area (Å²) in [5.74, 6) is 4.62. The van der Waals surface area contributed by atoms with Crippen LogP contribution in [0.2, 0.25) is 5.02 Å². The number of hydrogen-bond acceptors (Lipinski definition) is 6. The van der Waals surface area contributed by atoms with Crippen LogP contribution < -0.4 is 11.6 Å². The Morgan fingerprint density at radius 3 is 2.80 bits per heavy atom. The molecule has 1 atom stereocenters. The summed E-state index contributed by atoms with van der Waals surface area (Å²) < 4.78 is 6.12. The lowest BCUT2D eigenvalue weighted by Crippen LogP contribution is -2.25. The van der Waals surface area contributed by atoms with E-state index in [4.69, 9.17) is 27.9 Å². The molecule has 0 bridgehead atoms. The molecule has 0 aliphatic heterocycles. The van der Waals surface area contributed by atoms with Gasteiger partial charge in [0.1, 0.15) is 5.92 Å². The third-order valence-electron chi connectivity index (χ3n) is 2.71. The predicted octanol–water partition coefficient (Wildman–Crippen LogP) is 0.922. The van der Waals surface area contributed by atoms with Crippen LogP contribution >= 0.6 is 11.6 Å². The third kappa shape index (κ3) is 2.67. The van der Waals surface area contributed by atoms with Crippen LogP contribution in [0.15, 0.2) is 24.3 Å². The number of carbonyl (C=O) groups is 1. The Labute approximate surface area is 120 Å². The largest absolute Gasteiger partial charge is 0.465 e. The second-order valence-electron chi connectivity index (χ2n) is 4.03. The molecule has 4 N–H and O–H groups in total. The van der Waals surface area contributed by atoms with E-state index in [0.29, 0.717) is 10.6 Å². The van der Waals surface area contributed by atoms with Crippen LogP contribution in [-0.2, 0) is 9.53 Å². The summed E-state index contributed by atoms with van der Waals surface area (Å²) in [6.07, 6.45) is 0. The predicted molar refractivity (Wildman–Crippen MR) is 74.5 cm³/mol. The van der Waals surface area contributed by atoms with Gasteiger partial charge in [0.2, 0.25) is 5.95 Å². The van der Waals surface area contributed by atoms with Crippen molar-refractivity contribution in [3.63, 3.8) is 0 Å². The molecule has 0 aliphatic rings. The summed E-state index contributed by atoms with van der Waals surface area (Å²) in [6.45, 7) is 1.96. The zero-order valence-electron chi connectivity index (χ0n) is 10.8. The Balaban J connectivity index is 2.50. The number of aromatic nitrogens is 3. The molecule has 106 valence electrons. The third-order valence-corrected chi connectivity index (χ3v) is 2.95. The molecule has 20 heavy (non-hydrogen) atoms. The van der Waals surface area contributed by atoms with Crippen molar-refractivity contribution in [2.75, 3.05) is 18.2 Å². The summed E-state index contributed by atoms with van der Waals surface area (Å²) >= 11 is 5.95. The molecule has 8 heteroatoms. The number of benzene rings is 1. The summed E-state index contributed by atoms with van der Waals surface area (Å²) in [5, 5.41) is 7.99. The van der Waals surface area contributed by atoms with Crippen molar-refractivity contribution in [1.29, 1.82) is 0 Å². The summed E-state index contributed by atoms with van der Waals surface area (Å²) in [5.41, 5.74) is 6.15. The van der Waals surface area contributed by atoms with E-state index in [2.05, 4.69) is 10.2 Å². The Kier molecular flexibility index (Phi) is 4.09. The van der Waals surface area contributed by atoms with Gasteiger partial charge in [0.15, 0.2) is 5.82 Å². The normalized spacial score (nSPS) is 12.1. The molecular formula is C12H14ClN5O2. The summed E-state index contributed by atoms with van der Waals surface area (Å²) in [4.78, 5) is 12.2. The van der Waals surface area contributed by atoms with Gasteiger partial charge in [-0.1, -0.05) is 23.7 Å². The fraction of sp³-hybridized carbons (Fsp3) is 0.250. The standard InChI is InChI=1S/C12H14ClN5O2/c1-2-20-11(19)9(7-4-3-5-8(13)6-7)10-16-17-12(14)18(10)15/h3-6,9H,2,15H2,1H3,(H2,14,17). The van der Waals surface area contributed by atoms with Crippen molar-refractivity contribution in [3.05, 3.63) is 40.7 Å².